The molecule has 0 aliphatic carbocycles. The molecule has 0 aliphatic rings. The van der Waals surface area contributed by atoms with E-state index in [0.29, 0.717) is 24.2 Å². The van der Waals surface area contributed by atoms with Gasteiger partial charge in [0, 0.05) is 19.2 Å². The van der Waals surface area contributed by atoms with E-state index in [2.05, 4.69) is 0 Å². The highest BCUT2D eigenvalue weighted by molar-refractivity contribution is 5.95. The fourth-order valence-corrected chi connectivity index (χ4v) is 1.70. The van der Waals surface area contributed by atoms with Crippen molar-refractivity contribution in [3.8, 4) is 0 Å². The first-order valence-corrected chi connectivity index (χ1v) is 5.67. The Kier molecular flexibility index (Phi) is 4.63. The van der Waals surface area contributed by atoms with Crippen molar-refractivity contribution in [2.45, 2.75) is 13.8 Å². The van der Waals surface area contributed by atoms with E-state index >= 15 is 0 Å². The molecule has 1 unspecified atom stereocenters. The van der Waals surface area contributed by atoms with Crippen LogP contribution in [0.4, 0.5) is 4.39 Å². The molecule has 0 radical (unpaired) electrons. The van der Waals surface area contributed by atoms with Gasteiger partial charge in [-0.25, -0.2) is 4.39 Å². The summed E-state index contributed by atoms with van der Waals surface area (Å²) in [4.78, 5) is 13.7. The van der Waals surface area contributed by atoms with Gasteiger partial charge in [-0.05, 0) is 43.1 Å². The van der Waals surface area contributed by atoms with Crippen LogP contribution in [0.25, 0.3) is 0 Å². The Morgan fingerprint density at radius 1 is 1.53 bits per heavy atom. The van der Waals surface area contributed by atoms with Crippen molar-refractivity contribution in [2.75, 3.05) is 20.1 Å². The Labute approximate surface area is 101 Å². The van der Waals surface area contributed by atoms with Crippen LogP contribution >= 0.6 is 0 Å². The Bertz CT molecular complexity index is 406. The second-order valence-corrected chi connectivity index (χ2v) is 4.49. The standard InChI is InChI=1S/C13H19FN2O/c1-9(7-15)8-16(3)13(17)12-5-4-11(14)6-10(12)2/h4-6,9H,7-8,15H2,1-3H3. The second-order valence-electron chi connectivity index (χ2n) is 4.49. The van der Waals surface area contributed by atoms with Crippen LogP contribution in [-0.2, 0) is 0 Å². The van der Waals surface area contributed by atoms with E-state index in [1.807, 2.05) is 6.92 Å². The van der Waals surface area contributed by atoms with Crippen LogP contribution in [0, 0.1) is 18.7 Å². The first-order chi connectivity index (χ1) is 7.95. The molecule has 0 heterocycles. The number of amides is 1. The minimum absolute atomic E-state index is 0.0946. The molecule has 0 fully saturated rings. The van der Waals surface area contributed by atoms with E-state index in [0.717, 1.165) is 0 Å². The van der Waals surface area contributed by atoms with Gasteiger partial charge in [-0.1, -0.05) is 6.92 Å². The molecule has 1 rings (SSSR count). The first-order valence-electron chi connectivity index (χ1n) is 5.67. The average molecular weight is 238 g/mol. The number of nitrogens with two attached hydrogens (primary N) is 1. The average Bonchev–Trinajstić information content (AvgIpc) is 2.28. The molecule has 0 aromatic heterocycles. The van der Waals surface area contributed by atoms with E-state index < -0.39 is 0 Å². The number of carbonyl (C=O) groups is 1. The van der Waals surface area contributed by atoms with Gasteiger partial charge in [-0.3, -0.25) is 4.79 Å². The van der Waals surface area contributed by atoms with Gasteiger partial charge in [-0.15, -0.1) is 0 Å². The van der Waals surface area contributed by atoms with E-state index in [9.17, 15) is 9.18 Å². The van der Waals surface area contributed by atoms with Gasteiger partial charge in [0.2, 0.25) is 0 Å². The van der Waals surface area contributed by atoms with E-state index in [1.165, 1.54) is 18.2 Å². The fourth-order valence-electron chi connectivity index (χ4n) is 1.70. The zero-order valence-corrected chi connectivity index (χ0v) is 10.5. The normalized spacial score (nSPS) is 12.3. The highest BCUT2D eigenvalue weighted by atomic mass is 19.1. The molecule has 0 saturated carbocycles. The molecule has 1 atom stereocenters. The van der Waals surface area contributed by atoms with Gasteiger partial charge in [0.05, 0.1) is 0 Å². The SMILES string of the molecule is Cc1cc(F)ccc1C(=O)N(C)CC(C)CN. The topological polar surface area (TPSA) is 46.3 Å². The Morgan fingerprint density at radius 3 is 2.71 bits per heavy atom. The number of hydrogen-bond acceptors (Lipinski definition) is 2. The monoisotopic (exact) mass is 238 g/mol. The van der Waals surface area contributed by atoms with Crippen LogP contribution in [0.3, 0.4) is 0 Å². The summed E-state index contributed by atoms with van der Waals surface area (Å²) in [7, 11) is 1.73. The summed E-state index contributed by atoms with van der Waals surface area (Å²) in [6, 6.07) is 4.20. The molecule has 94 valence electrons. The number of halogens is 1. The molecule has 0 spiro atoms. The maximum Gasteiger partial charge on any atom is 0.253 e. The maximum absolute atomic E-state index is 12.9. The van der Waals surface area contributed by atoms with E-state index in [1.54, 1.807) is 18.9 Å². The summed E-state index contributed by atoms with van der Waals surface area (Å²) in [5.74, 6) is -0.162. The Balaban J connectivity index is 2.81. The van der Waals surface area contributed by atoms with Crippen molar-refractivity contribution in [1.82, 2.24) is 4.90 Å². The number of benzene rings is 1. The molecule has 3 nitrogen and oxygen atoms in total. The van der Waals surface area contributed by atoms with Gasteiger partial charge in [0.25, 0.3) is 5.91 Å². The number of nitrogens with zero attached hydrogens (tertiary/aromatic N) is 1. The molecule has 0 aliphatic heterocycles. The Hall–Kier alpha value is -1.42. The lowest BCUT2D eigenvalue weighted by molar-refractivity contribution is 0.0776. The van der Waals surface area contributed by atoms with Crippen LogP contribution in [0.1, 0.15) is 22.8 Å². The molecule has 0 bridgehead atoms. The van der Waals surface area contributed by atoms with E-state index in [-0.39, 0.29) is 17.6 Å². The van der Waals surface area contributed by atoms with Gasteiger partial charge in [0.15, 0.2) is 0 Å². The van der Waals surface area contributed by atoms with Crippen molar-refractivity contribution in [3.05, 3.63) is 35.1 Å². The molecule has 1 aromatic rings. The third-order valence-electron chi connectivity index (χ3n) is 2.75. The largest absolute Gasteiger partial charge is 0.341 e. The maximum atomic E-state index is 12.9. The zero-order chi connectivity index (χ0) is 13.0. The molecule has 0 saturated heterocycles. The Morgan fingerprint density at radius 2 is 2.18 bits per heavy atom. The van der Waals surface area contributed by atoms with Crippen LogP contribution < -0.4 is 5.73 Å². The predicted octanol–water partition coefficient (Wildman–Crippen LogP) is 1.80. The molecular formula is C13H19FN2O. The second kappa shape index (κ2) is 5.77. The minimum atomic E-state index is -0.322. The molecule has 17 heavy (non-hydrogen) atoms. The van der Waals surface area contributed by atoms with Crippen molar-refractivity contribution in [3.63, 3.8) is 0 Å². The third-order valence-corrected chi connectivity index (χ3v) is 2.75. The lowest BCUT2D eigenvalue weighted by Crippen LogP contribution is -2.33. The van der Waals surface area contributed by atoms with Gasteiger partial charge >= 0.3 is 0 Å². The summed E-state index contributed by atoms with van der Waals surface area (Å²) in [6.45, 7) is 4.87. The zero-order valence-electron chi connectivity index (χ0n) is 10.5. The quantitative estimate of drug-likeness (QED) is 0.869. The van der Waals surface area contributed by atoms with Crippen molar-refractivity contribution >= 4 is 5.91 Å². The lowest BCUT2D eigenvalue weighted by Gasteiger charge is -2.21. The number of hydrogen-bond donors (Lipinski definition) is 1. The highest BCUT2D eigenvalue weighted by Gasteiger charge is 2.15. The smallest absolute Gasteiger partial charge is 0.253 e. The first kappa shape index (κ1) is 13.6. The van der Waals surface area contributed by atoms with Crippen molar-refractivity contribution in [1.29, 1.82) is 0 Å². The number of rotatable bonds is 4. The molecule has 1 aromatic carbocycles. The lowest BCUT2D eigenvalue weighted by atomic mass is 10.1. The predicted molar refractivity (Wildman–Crippen MR) is 66.3 cm³/mol. The molecule has 4 heteroatoms. The van der Waals surface area contributed by atoms with Crippen molar-refractivity contribution < 1.29 is 9.18 Å². The van der Waals surface area contributed by atoms with E-state index in [4.69, 9.17) is 5.73 Å². The molecular weight excluding hydrogens is 219 g/mol. The number of carbonyl (C=O) groups excluding carboxylic acids is 1. The van der Waals surface area contributed by atoms with Crippen LogP contribution in [0.2, 0.25) is 0 Å². The highest BCUT2D eigenvalue weighted by Crippen LogP contribution is 2.13. The third kappa shape index (κ3) is 3.53. The summed E-state index contributed by atoms with van der Waals surface area (Å²) in [6.07, 6.45) is 0. The van der Waals surface area contributed by atoms with Crippen LogP contribution in [-0.4, -0.2) is 30.9 Å². The summed E-state index contributed by atoms with van der Waals surface area (Å²) >= 11 is 0. The minimum Gasteiger partial charge on any atom is -0.341 e. The van der Waals surface area contributed by atoms with Gasteiger partial charge in [-0.2, -0.15) is 0 Å². The molecule has 2 N–H and O–H groups in total. The fraction of sp³-hybridized carbons (Fsp3) is 0.462. The van der Waals surface area contributed by atoms with Gasteiger partial charge in [0.1, 0.15) is 5.82 Å². The van der Waals surface area contributed by atoms with Crippen molar-refractivity contribution in [2.24, 2.45) is 11.7 Å². The number of aryl methyl sites for hydroxylation is 1. The van der Waals surface area contributed by atoms with Gasteiger partial charge < -0.3 is 10.6 Å². The summed E-state index contributed by atoms with van der Waals surface area (Å²) < 4.78 is 12.9. The van der Waals surface area contributed by atoms with Crippen LogP contribution in [0.5, 0.6) is 0 Å². The molecule has 1 amide bonds. The van der Waals surface area contributed by atoms with Crippen LogP contribution in [0.15, 0.2) is 18.2 Å². The summed E-state index contributed by atoms with van der Waals surface area (Å²) in [5, 5.41) is 0. The summed E-state index contributed by atoms with van der Waals surface area (Å²) in [5.41, 5.74) is 6.72.